The minimum absolute atomic E-state index is 0.139. The van der Waals surface area contributed by atoms with E-state index in [4.69, 9.17) is 4.74 Å². The molecule has 2 aromatic rings. The second kappa shape index (κ2) is 5.84. The number of rotatable bonds is 3. The van der Waals surface area contributed by atoms with Gasteiger partial charge in [-0.1, -0.05) is 15.9 Å². The van der Waals surface area contributed by atoms with Crippen LogP contribution in [-0.4, -0.2) is 12.2 Å². The van der Waals surface area contributed by atoms with Crippen molar-refractivity contribution < 1.29 is 9.84 Å². The van der Waals surface area contributed by atoms with Crippen molar-refractivity contribution in [1.29, 1.82) is 0 Å². The van der Waals surface area contributed by atoms with Gasteiger partial charge in [-0.15, -0.1) is 5.11 Å². The van der Waals surface area contributed by atoms with Crippen molar-refractivity contribution in [1.82, 2.24) is 0 Å². The molecule has 1 N–H and O–H groups in total. The summed E-state index contributed by atoms with van der Waals surface area (Å²) in [7, 11) is 1.61. The molecule has 0 aromatic heterocycles. The van der Waals surface area contributed by atoms with E-state index in [0.717, 1.165) is 15.8 Å². The summed E-state index contributed by atoms with van der Waals surface area (Å²) in [6.07, 6.45) is 0. The SMILES string of the molecule is COc1ccc(N=Nc2cc(Br)cc(C)c2O)cc1. The molecule has 2 aromatic carbocycles. The maximum absolute atomic E-state index is 9.89. The zero-order valence-corrected chi connectivity index (χ0v) is 12.2. The standard InChI is InChI=1S/C14H13BrN2O2/c1-9-7-10(15)8-13(14(9)18)17-16-11-3-5-12(19-2)6-4-11/h3-8,18H,1-2H3. The Balaban J connectivity index is 2.27. The molecule has 4 nitrogen and oxygen atoms in total. The molecule has 19 heavy (non-hydrogen) atoms. The van der Waals surface area contributed by atoms with Crippen molar-refractivity contribution in [3.8, 4) is 11.5 Å². The Morgan fingerprint density at radius 1 is 1.11 bits per heavy atom. The van der Waals surface area contributed by atoms with Gasteiger partial charge in [-0.05, 0) is 48.9 Å². The smallest absolute Gasteiger partial charge is 0.146 e. The van der Waals surface area contributed by atoms with Gasteiger partial charge in [0.2, 0.25) is 0 Å². The molecule has 0 atom stereocenters. The Kier molecular flexibility index (Phi) is 4.16. The summed E-state index contributed by atoms with van der Waals surface area (Å²) in [5.74, 6) is 0.903. The normalized spacial score (nSPS) is 10.9. The first-order valence-electron chi connectivity index (χ1n) is 5.65. The number of azo groups is 1. The molecule has 0 fully saturated rings. The molecule has 0 radical (unpaired) electrons. The molecule has 0 aliphatic rings. The van der Waals surface area contributed by atoms with Crippen molar-refractivity contribution in [3.05, 3.63) is 46.4 Å². The fourth-order valence-electron chi connectivity index (χ4n) is 1.55. The number of phenolic OH excluding ortho intramolecular Hbond substituents is 1. The highest BCUT2D eigenvalue weighted by Crippen LogP contribution is 2.34. The Labute approximate surface area is 119 Å². The maximum atomic E-state index is 9.89. The zero-order chi connectivity index (χ0) is 13.8. The molecule has 0 amide bonds. The molecule has 0 saturated carbocycles. The third-order valence-corrected chi connectivity index (χ3v) is 3.05. The second-order valence-corrected chi connectivity index (χ2v) is 4.90. The van der Waals surface area contributed by atoms with Gasteiger partial charge in [0.25, 0.3) is 0 Å². The van der Waals surface area contributed by atoms with Crippen LogP contribution in [0.2, 0.25) is 0 Å². The van der Waals surface area contributed by atoms with E-state index in [-0.39, 0.29) is 5.75 Å². The molecule has 0 spiro atoms. The minimum Gasteiger partial charge on any atom is -0.505 e. The third kappa shape index (κ3) is 3.32. The number of aryl methyl sites for hydroxylation is 1. The summed E-state index contributed by atoms with van der Waals surface area (Å²) in [5.41, 5.74) is 1.87. The summed E-state index contributed by atoms with van der Waals surface area (Å²) in [6.45, 7) is 1.81. The lowest BCUT2D eigenvalue weighted by atomic mass is 10.2. The highest BCUT2D eigenvalue weighted by atomic mass is 79.9. The molecule has 2 rings (SSSR count). The first kappa shape index (κ1) is 13.5. The van der Waals surface area contributed by atoms with Gasteiger partial charge in [-0.3, -0.25) is 0 Å². The van der Waals surface area contributed by atoms with E-state index in [1.807, 2.05) is 13.0 Å². The molecule has 0 unspecified atom stereocenters. The molecule has 98 valence electrons. The first-order chi connectivity index (χ1) is 9.10. The van der Waals surface area contributed by atoms with E-state index < -0.39 is 0 Å². The number of benzene rings is 2. The van der Waals surface area contributed by atoms with E-state index in [1.54, 1.807) is 37.4 Å². The quantitative estimate of drug-likeness (QED) is 0.819. The van der Waals surface area contributed by atoms with Crippen LogP contribution in [0.15, 0.2) is 51.1 Å². The Morgan fingerprint density at radius 2 is 1.79 bits per heavy atom. The fraction of sp³-hybridized carbons (Fsp3) is 0.143. The molecule has 0 saturated heterocycles. The van der Waals surface area contributed by atoms with Crippen molar-refractivity contribution in [3.63, 3.8) is 0 Å². The van der Waals surface area contributed by atoms with E-state index in [2.05, 4.69) is 26.2 Å². The fourth-order valence-corrected chi connectivity index (χ4v) is 2.11. The third-order valence-electron chi connectivity index (χ3n) is 2.59. The van der Waals surface area contributed by atoms with E-state index in [9.17, 15) is 5.11 Å². The predicted molar refractivity (Wildman–Crippen MR) is 77.7 cm³/mol. The number of ether oxygens (including phenoxy) is 1. The van der Waals surface area contributed by atoms with Crippen LogP contribution in [0.25, 0.3) is 0 Å². The van der Waals surface area contributed by atoms with Crippen LogP contribution in [0.5, 0.6) is 11.5 Å². The van der Waals surface area contributed by atoms with E-state index >= 15 is 0 Å². The van der Waals surface area contributed by atoms with Crippen LogP contribution in [0.1, 0.15) is 5.56 Å². The second-order valence-electron chi connectivity index (χ2n) is 3.99. The summed E-state index contributed by atoms with van der Waals surface area (Å²) >= 11 is 3.36. The van der Waals surface area contributed by atoms with Crippen molar-refractivity contribution >= 4 is 27.3 Å². The maximum Gasteiger partial charge on any atom is 0.146 e. The molecule has 0 aliphatic carbocycles. The summed E-state index contributed by atoms with van der Waals surface area (Å²) in [6, 6.07) is 10.7. The van der Waals surface area contributed by atoms with Gasteiger partial charge in [0.1, 0.15) is 17.2 Å². The van der Waals surface area contributed by atoms with Gasteiger partial charge in [-0.2, -0.15) is 5.11 Å². The van der Waals surface area contributed by atoms with Crippen molar-refractivity contribution in [2.45, 2.75) is 6.92 Å². The zero-order valence-electron chi connectivity index (χ0n) is 10.6. The number of nitrogens with zero attached hydrogens (tertiary/aromatic N) is 2. The van der Waals surface area contributed by atoms with Crippen LogP contribution >= 0.6 is 15.9 Å². The largest absolute Gasteiger partial charge is 0.505 e. The minimum atomic E-state index is 0.139. The molecule has 0 aliphatic heterocycles. The lowest BCUT2D eigenvalue weighted by Crippen LogP contribution is -1.79. The van der Waals surface area contributed by atoms with Crippen LogP contribution in [-0.2, 0) is 0 Å². The van der Waals surface area contributed by atoms with E-state index in [1.165, 1.54) is 0 Å². The molecular formula is C14H13BrN2O2. The number of aromatic hydroxyl groups is 1. The molecule has 5 heteroatoms. The highest BCUT2D eigenvalue weighted by Gasteiger charge is 2.05. The Morgan fingerprint density at radius 3 is 2.42 bits per heavy atom. The van der Waals surface area contributed by atoms with Gasteiger partial charge in [-0.25, -0.2) is 0 Å². The van der Waals surface area contributed by atoms with Crippen LogP contribution in [0.4, 0.5) is 11.4 Å². The Bertz CT molecular complexity index is 610. The van der Waals surface area contributed by atoms with Gasteiger partial charge >= 0.3 is 0 Å². The van der Waals surface area contributed by atoms with Gasteiger partial charge < -0.3 is 9.84 Å². The summed E-state index contributed by atoms with van der Waals surface area (Å²) in [4.78, 5) is 0. The van der Waals surface area contributed by atoms with Gasteiger partial charge in [0.05, 0.1) is 12.8 Å². The lowest BCUT2D eigenvalue weighted by molar-refractivity contribution is 0.415. The number of hydrogen-bond donors (Lipinski definition) is 1. The van der Waals surface area contributed by atoms with Crippen molar-refractivity contribution in [2.24, 2.45) is 10.2 Å². The molecular weight excluding hydrogens is 308 g/mol. The van der Waals surface area contributed by atoms with Crippen molar-refractivity contribution in [2.75, 3.05) is 7.11 Å². The molecule has 0 heterocycles. The summed E-state index contributed by atoms with van der Waals surface area (Å²) in [5, 5.41) is 18.0. The van der Waals surface area contributed by atoms with Gasteiger partial charge in [0.15, 0.2) is 0 Å². The number of methoxy groups -OCH3 is 1. The predicted octanol–water partition coefficient (Wildman–Crippen LogP) is 4.89. The number of halogens is 1. The first-order valence-corrected chi connectivity index (χ1v) is 6.44. The topological polar surface area (TPSA) is 54.2 Å². The average Bonchev–Trinajstić information content (AvgIpc) is 2.41. The molecule has 0 bridgehead atoms. The summed E-state index contributed by atoms with van der Waals surface area (Å²) < 4.78 is 5.92. The lowest BCUT2D eigenvalue weighted by Gasteiger charge is -2.03. The average molecular weight is 321 g/mol. The van der Waals surface area contributed by atoms with Gasteiger partial charge in [0, 0.05) is 4.47 Å². The Hall–Kier alpha value is -1.88. The number of phenols is 1. The van der Waals surface area contributed by atoms with Crippen LogP contribution < -0.4 is 4.74 Å². The van der Waals surface area contributed by atoms with E-state index in [0.29, 0.717) is 11.4 Å². The van der Waals surface area contributed by atoms with Crippen LogP contribution in [0, 0.1) is 6.92 Å². The highest BCUT2D eigenvalue weighted by molar-refractivity contribution is 9.10. The number of hydrogen-bond acceptors (Lipinski definition) is 4. The van der Waals surface area contributed by atoms with Crippen LogP contribution in [0.3, 0.4) is 0 Å². The monoisotopic (exact) mass is 320 g/mol.